The minimum absolute atomic E-state index is 0.0413. The van der Waals surface area contributed by atoms with Crippen molar-refractivity contribution in [1.29, 1.82) is 0 Å². The third-order valence-electron chi connectivity index (χ3n) is 3.06. The fourth-order valence-electron chi connectivity index (χ4n) is 1.92. The first-order valence-corrected chi connectivity index (χ1v) is 8.10. The summed E-state index contributed by atoms with van der Waals surface area (Å²) >= 11 is 1.28. The molecule has 0 aliphatic heterocycles. The maximum atomic E-state index is 11.7. The molecule has 0 unspecified atom stereocenters. The monoisotopic (exact) mass is 334 g/mol. The highest BCUT2D eigenvalue weighted by atomic mass is 32.1. The van der Waals surface area contributed by atoms with Gasteiger partial charge in [0.1, 0.15) is 5.01 Å². The highest BCUT2D eigenvalue weighted by Gasteiger charge is 2.10. The van der Waals surface area contributed by atoms with Gasteiger partial charge in [0.25, 0.3) is 0 Å². The third-order valence-corrected chi connectivity index (χ3v) is 3.96. The zero-order valence-electron chi connectivity index (χ0n) is 12.7. The fourth-order valence-corrected chi connectivity index (χ4v) is 2.71. The van der Waals surface area contributed by atoms with Gasteiger partial charge in [0.05, 0.1) is 6.61 Å². The van der Waals surface area contributed by atoms with Crippen LogP contribution in [0.3, 0.4) is 0 Å². The zero-order valence-corrected chi connectivity index (χ0v) is 13.6. The van der Waals surface area contributed by atoms with E-state index in [1.807, 2.05) is 31.2 Å². The first-order valence-electron chi connectivity index (χ1n) is 7.22. The Morgan fingerprint density at radius 2 is 2.22 bits per heavy atom. The average Bonchev–Trinajstić information content (AvgIpc) is 3.04. The molecule has 6 nitrogen and oxygen atoms in total. The van der Waals surface area contributed by atoms with Crippen LogP contribution in [-0.4, -0.2) is 35.2 Å². The number of carbonyl (C=O) groups is 2. The summed E-state index contributed by atoms with van der Waals surface area (Å²) in [5.74, 6) is -1.10. The number of hydrogen-bond acceptors (Lipinski definition) is 5. The van der Waals surface area contributed by atoms with Gasteiger partial charge in [-0.2, -0.15) is 0 Å². The van der Waals surface area contributed by atoms with Crippen LogP contribution in [0.4, 0.5) is 0 Å². The van der Waals surface area contributed by atoms with E-state index in [2.05, 4.69) is 10.3 Å². The standard InChI is InChI=1S/C16H18N2O4S/c1-2-22-7-6-14(19)17-9-11-4-3-5-12(8-11)15-18-13(10-23-15)16(20)21/h3-5,8,10H,2,6-7,9H2,1H3,(H,17,19)(H,20,21). The van der Waals surface area contributed by atoms with Gasteiger partial charge in [0, 0.05) is 30.5 Å². The number of aromatic carboxylic acids is 1. The average molecular weight is 334 g/mol. The number of rotatable bonds is 8. The van der Waals surface area contributed by atoms with Crippen LogP contribution in [0.1, 0.15) is 29.4 Å². The summed E-state index contributed by atoms with van der Waals surface area (Å²) in [5, 5.41) is 13.9. The van der Waals surface area contributed by atoms with E-state index < -0.39 is 5.97 Å². The third kappa shape index (κ3) is 5.15. The molecule has 7 heteroatoms. The lowest BCUT2D eigenvalue weighted by Gasteiger charge is -2.06. The van der Waals surface area contributed by atoms with E-state index in [0.29, 0.717) is 31.2 Å². The van der Waals surface area contributed by atoms with E-state index in [9.17, 15) is 9.59 Å². The molecule has 1 heterocycles. The number of nitrogens with zero attached hydrogens (tertiary/aromatic N) is 1. The number of nitrogens with one attached hydrogen (secondary N) is 1. The summed E-state index contributed by atoms with van der Waals surface area (Å²) in [5.41, 5.74) is 1.81. The molecule has 0 spiro atoms. The number of carboxylic acid groups (broad SMARTS) is 1. The van der Waals surface area contributed by atoms with E-state index in [1.165, 1.54) is 16.7 Å². The van der Waals surface area contributed by atoms with Gasteiger partial charge in [-0.15, -0.1) is 11.3 Å². The molecule has 1 aromatic heterocycles. The lowest BCUT2D eigenvalue weighted by molar-refractivity contribution is -0.122. The Hall–Kier alpha value is -2.25. The molecule has 23 heavy (non-hydrogen) atoms. The first kappa shape index (κ1) is 17.1. The number of carbonyl (C=O) groups excluding carboxylic acids is 1. The van der Waals surface area contributed by atoms with E-state index in [4.69, 9.17) is 9.84 Å². The van der Waals surface area contributed by atoms with Gasteiger partial charge < -0.3 is 15.2 Å². The molecule has 0 radical (unpaired) electrons. The van der Waals surface area contributed by atoms with Gasteiger partial charge >= 0.3 is 5.97 Å². The molecule has 0 fully saturated rings. The van der Waals surface area contributed by atoms with Crippen molar-refractivity contribution >= 4 is 23.2 Å². The number of amides is 1. The topological polar surface area (TPSA) is 88.5 Å². The van der Waals surface area contributed by atoms with Crippen molar-refractivity contribution in [2.24, 2.45) is 0 Å². The van der Waals surface area contributed by atoms with Crippen molar-refractivity contribution < 1.29 is 19.4 Å². The van der Waals surface area contributed by atoms with Crippen molar-refractivity contribution in [2.45, 2.75) is 19.9 Å². The summed E-state index contributed by atoms with van der Waals surface area (Å²) < 4.78 is 5.14. The zero-order chi connectivity index (χ0) is 16.7. The molecule has 122 valence electrons. The summed E-state index contributed by atoms with van der Waals surface area (Å²) in [6.45, 7) is 3.31. The molecule has 0 atom stereocenters. The fraction of sp³-hybridized carbons (Fsp3) is 0.312. The van der Waals surface area contributed by atoms with Crippen LogP contribution in [0.2, 0.25) is 0 Å². The van der Waals surface area contributed by atoms with E-state index in [1.54, 1.807) is 0 Å². The smallest absolute Gasteiger partial charge is 0.355 e. The van der Waals surface area contributed by atoms with Gasteiger partial charge in [-0.25, -0.2) is 9.78 Å². The SMILES string of the molecule is CCOCCC(=O)NCc1cccc(-c2nc(C(=O)O)cs2)c1. The lowest BCUT2D eigenvalue weighted by Crippen LogP contribution is -2.23. The Balaban J connectivity index is 1.96. The highest BCUT2D eigenvalue weighted by Crippen LogP contribution is 2.24. The quantitative estimate of drug-likeness (QED) is 0.724. The predicted octanol–water partition coefficient (Wildman–Crippen LogP) is 2.55. The largest absolute Gasteiger partial charge is 0.476 e. The Bertz CT molecular complexity index is 684. The molecule has 0 saturated heterocycles. The van der Waals surface area contributed by atoms with Crippen molar-refractivity contribution in [3.63, 3.8) is 0 Å². The lowest BCUT2D eigenvalue weighted by atomic mass is 10.1. The molecule has 1 aromatic carbocycles. The number of carboxylic acids is 1. The predicted molar refractivity (Wildman–Crippen MR) is 87.5 cm³/mol. The summed E-state index contributed by atoms with van der Waals surface area (Å²) in [4.78, 5) is 26.6. The van der Waals surface area contributed by atoms with Crippen molar-refractivity contribution in [3.05, 3.63) is 40.9 Å². The van der Waals surface area contributed by atoms with Crippen LogP contribution >= 0.6 is 11.3 Å². The van der Waals surface area contributed by atoms with Gasteiger partial charge in [0.2, 0.25) is 5.91 Å². The Morgan fingerprint density at radius 3 is 2.91 bits per heavy atom. The molecular weight excluding hydrogens is 316 g/mol. The number of benzene rings is 1. The second-order valence-electron chi connectivity index (χ2n) is 4.77. The van der Waals surface area contributed by atoms with E-state index >= 15 is 0 Å². The molecule has 1 amide bonds. The first-order chi connectivity index (χ1) is 11.1. The minimum atomic E-state index is -1.04. The second-order valence-corrected chi connectivity index (χ2v) is 5.63. The number of thiazole rings is 1. The van der Waals surface area contributed by atoms with Crippen molar-refractivity contribution in [1.82, 2.24) is 10.3 Å². The molecule has 2 rings (SSSR count). The summed E-state index contributed by atoms with van der Waals surface area (Å²) in [6, 6.07) is 7.52. The Kier molecular flexibility index (Phi) is 6.25. The highest BCUT2D eigenvalue weighted by molar-refractivity contribution is 7.13. The molecule has 2 aromatic rings. The normalized spacial score (nSPS) is 10.5. The number of aromatic nitrogens is 1. The number of hydrogen-bond donors (Lipinski definition) is 2. The van der Waals surface area contributed by atoms with Crippen LogP contribution in [-0.2, 0) is 16.1 Å². The molecule has 0 aliphatic rings. The Morgan fingerprint density at radius 1 is 1.39 bits per heavy atom. The van der Waals surface area contributed by atoms with Gasteiger partial charge in [-0.1, -0.05) is 18.2 Å². The van der Waals surface area contributed by atoms with E-state index in [0.717, 1.165) is 11.1 Å². The van der Waals surface area contributed by atoms with Crippen LogP contribution in [0, 0.1) is 0 Å². The van der Waals surface area contributed by atoms with Crippen molar-refractivity contribution in [3.8, 4) is 10.6 Å². The summed E-state index contributed by atoms with van der Waals surface area (Å²) in [7, 11) is 0. The van der Waals surface area contributed by atoms with Crippen LogP contribution in [0.5, 0.6) is 0 Å². The van der Waals surface area contributed by atoms with Gasteiger partial charge in [0.15, 0.2) is 5.69 Å². The minimum Gasteiger partial charge on any atom is -0.476 e. The van der Waals surface area contributed by atoms with E-state index in [-0.39, 0.29) is 11.6 Å². The van der Waals surface area contributed by atoms with Crippen molar-refractivity contribution in [2.75, 3.05) is 13.2 Å². The maximum Gasteiger partial charge on any atom is 0.355 e. The molecule has 2 N–H and O–H groups in total. The maximum absolute atomic E-state index is 11.7. The van der Waals surface area contributed by atoms with Crippen LogP contribution in [0.15, 0.2) is 29.6 Å². The molecule has 0 bridgehead atoms. The van der Waals surface area contributed by atoms with Crippen LogP contribution < -0.4 is 5.32 Å². The second kappa shape index (κ2) is 8.40. The van der Waals surface area contributed by atoms with Crippen LogP contribution in [0.25, 0.3) is 10.6 Å². The number of ether oxygens (including phenoxy) is 1. The molecule has 0 saturated carbocycles. The molecule has 0 aliphatic carbocycles. The van der Waals surface area contributed by atoms with Gasteiger partial charge in [-0.3, -0.25) is 4.79 Å². The summed E-state index contributed by atoms with van der Waals surface area (Å²) in [6.07, 6.45) is 0.335. The van der Waals surface area contributed by atoms with Gasteiger partial charge in [-0.05, 0) is 18.6 Å². The Labute approximate surface area is 138 Å². The molecular formula is C16H18N2O4S.